The van der Waals surface area contributed by atoms with E-state index in [4.69, 9.17) is 4.74 Å². The summed E-state index contributed by atoms with van der Waals surface area (Å²) < 4.78 is 5.99. The van der Waals surface area contributed by atoms with E-state index in [1.165, 1.54) is 64.6 Å². The largest absolute Gasteiger partial charge is 0.378 e. The van der Waals surface area contributed by atoms with Gasteiger partial charge in [-0.1, -0.05) is 26.7 Å². The van der Waals surface area contributed by atoms with Crippen molar-refractivity contribution in [2.24, 2.45) is 5.41 Å². The summed E-state index contributed by atoms with van der Waals surface area (Å²) in [6.45, 7) is 11.8. The monoisotopic (exact) mass is 282 g/mol. The Morgan fingerprint density at radius 1 is 1.10 bits per heavy atom. The van der Waals surface area contributed by atoms with Crippen molar-refractivity contribution in [1.82, 2.24) is 10.2 Å². The molecule has 0 radical (unpaired) electrons. The standard InChI is InChI=1S/C17H34N2O/c1-3-17(4-2)8-13-19(14-9-17)12-5-15-20-16-6-10-18-11-7-16/h16,18H,3-15H2,1-2H3. The van der Waals surface area contributed by atoms with Gasteiger partial charge in [0, 0.05) is 13.2 Å². The van der Waals surface area contributed by atoms with E-state index >= 15 is 0 Å². The third-order valence-corrected chi connectivity index (χ3v) is 5.68. The van der Waals surface area contributed by atoms with Gasteiger partial charge in [-0.2, -0.15) is 0 Å². The number of nitrogens with zero attached hydrogens (tertiary/aromatic N) is 1. The fourth-order valence-corrected chi connectivity index (χ4v) is 3.71. The van der Waals surface area contributed by atoms with Crippen molar-refractivity contribution in [3.63, 3.8) is 0 Å². The first-order chi connectivity index (χ1) is 9.78. The van der Waals surface area contributed by atoms with E-state index in [0.29, 0.717) is 11.5 Å². The lowest BCUT2D eigenvalue weighted by atomic mass is 9.74. The molecule has 0 amide bonds. The molecule has 2 saturated heterocycles. The van der Waals surface area contributed by atoms with Crippen LogP contribution in [0.2, 0.25) is 0 Å². The molecule has 3 nitrogen and oxygen atoms in total. The topological polar surface area (TPSA) is 24.5 Å². The highest BCUT2D eigenvalue weighted by Crippen LogP contribution is 2.37. The first-order valence-corrected chi connectivity index (χ1v) is 8.83. The number of piperidine rings is 2. The van der Waals surface area contributed by atoms with Crippen molar-refractivity contribution in [2.45, 2.75) is 64.9 Å². The fourth-order valence-electron chi connectivity index (χ4n) is 3.71. The second-order valence-corrected chi connectivity index (χ2v) is 6.72. The van der Waals surface area contributed by atoms with Crippen LogP contribution in [-0.4, -0.2) is 50.3 Å². The van der Waals surface area contributed by atoms with Crippen molar-refractivity contribution in [2.75, 3.05) is 39.3 Å². The zero-order valence-electron chi connectivity index (χ0n) is 13.6. The molecular weight excluding hydrogens is 248 g/mol. The number of hydrogen-bond donors (Lipinski definition) is 1. The van der Waals surface area contributed by atoms with Crippen molar-refractivity contribution in [3.05, 3.63) is 0 Å². The second-order valence-electron chi connectivity index (χ2n) is 6.72. The predicted octanol–water partition coefficient (Wildman–Crippen LogP) is 3.05. The van der Waals surface area contributed by atoms with Gasteiger partial charge >= 0.3 is 0 Å². The van der Waals surface area contributed by atoms with Crippen LogP contribution < -0.4 is 5.32 Å². The van der Waals surface area contributed by atoms with E-state index in [9.17, 15) is 0 Å². The predicted molar refractivity (Wildman–Crippen MR) is 85.1 cm³/mol. The van der Waals surface area contributed by atoms with E-state index < -0.39 is 0 Å². The lowest BCUT2D eigenvalue weighted by molar-refractivity contribution is 0.0232. The Hall–Kier alpha value is -0.120. The van der Waals surface area contributed by atoms with Gasteiger partial charge in [0.1, 0.15) is 0 Å². The fraction of sp³-hybridized carbons (Fsp3) is 1.00. The molecule has 2 heterocycles. The molecule has 2 aliphatic rings. The summed E-state index contributed by atoms with van der Waals surface area (Å²) in [4.78, 5) is 2.65. The van der Waals surface area contributed by atoms with Crippen LogP contribution in [0.1, 0.15) is 58.8 Å². The van der Waals surface area contributed by atoms with Gasteiger partial charge in [0.15, 0.2) is 0 Å². The molecule has 118 valence electrons. The molecule has 1 N–H and O–H groups in total. The minimum atomic E-state index is 0.519. The lowest BCUT2D eigenvalue weighted by Crippen LogP contribution is -2.40. The zero-order chi connectivity index (χ0) is 14.3. The summed E-state index contributed by atoms with van der Waals surface area (Å²) in [7, 11) is 0. The van der Waals surface area contributed by atoms with Crippen LogP contribution in [0.5, 0.6) is 0 Å². The van der Waals surface area contributed by atoms with Crippen LogP contribution in [-0.2, 0) is 4.74 Å². The molecule has 0 unspecified atom stereocenters. The number of likely N-dealkylation sites (tertiary alicyclic amines) is 1. The minimum Gasteiger partial charge on any atom is -0.378 e. The molecule has 20 heavy (non-hydrogen) atoms. The normalized spacial score (nSPS) is 24.9. The number of nitrogens with one attached hydrogen (secondary N) is 1. The molecule has 2 aliphatic heterocycles. The Kier molecular flexibility index (Phi) is 6.79. The molecule has 0 atom stereocenters. The summed E-state index contributed by atoms with van der Waals surface area (Å²) in [5.74, 6) is 0. The Labute approximate surface area is 125 Å². The van der Waals surface area contributed by atoms with Gasteiger partial charge < -0.3 is 15.0 Å². The van der Waals surface area contributed by atoms with Gasteiger partial charge in [-0.3, -0.25) is 0 Å². The first kappa shape index (κ1) is 16.3. The van der Waals surface area contributed by atoms with Crippen LogP contribution in [0.3, 0.4) is 0 Å². The Morgan fingerprint density at radius 3 is 2.35 bits per heavy atom. The molecule has 0 bridgehead atoms. The molecule has 0 aromatic rings. The highest BCUT2D eigenvalue weighted by molar-refractivity contribution is 4.83. The van der Waals surface area contributed by atoms with Gasteiger partial charge in [0.25, 0.3) is 0 Å². The van der Waals surface area contributed by atoms with Gasteiger partial charge in [0.2, 0.25) is 0 Å². The summed E-state index contributed by atoms with van der Waals surface area (Å²) in [6.07, 6.45) is 9.62. The zero-order valence-corrected chi connectivity index (χ0v) is 13.6. The summed E-state index contributed by atoms with van der Waals surface area (Å²) in [6, 6.07) is 0. The summed E-state index contributed by atoms with van der Waals surface area (Å²) >= 11 is 0. The van der Waals surface area contributed by atoms with E-state index in [2.05, 4.69) is 24.1 Å². The molecule has 2 fully saturated rings. The summed E-state index contributed by atoms with van der Waals surface area (Å²) in [5, 5.41) is 3.39. The van der Waals surface area contributed by atoms with E-state index in [-0.39, 0.29) is 0 Å². The molecule has 0 saturated carbocycles. The molecular formula is C17H34N2O. The van der Waals surface area contributed by atoms with Crippen molar-refractivity contribution in [3.8, 4) is 0 Å². The third-order valence-electron chi connectivity index (χ3n) is 5.68. The molecule has 2 rings (SSSR count). The number of ether oxygens (including phenoxy) is 1. The minimum absolute atomic E-state index is 0.519. The van der Waals surface area contributed by atoms with Crippen LogP contribution in [0.15, 0.2) is 0 Å². The molecule has 0 aliphatic carbocycles. The highest BCUT2D eigenvalue weighted by Gasteiger charge is 2.30. The average Bonchev–Trinajstić information content (AvgIpc) is 2.53. The highest BCUT2D eigenvalue weighted by atomic mass is 16.5. The quantitative estimate of drug-likeness (QED) is 0.726. The van der Waals surface area contributed by atoms with Crippen LogP contribution >= 0.6 is 0 Å². The van der Waals surface area contributed by atoms with Crippen molar-refractivity contribution < 1.29 is 4.74 Å². The van der Waals surface area contributed by atoms with Gasteiger partial charge in [0.05, 0.1) is 6.10 Å². The van der Waals surface area contributed by atoms with E-state index in [1.807, 2.05) is 0 Å². The van der Waals surface area contributed by atoms with E-state index in [0.717, 1.165) is 19.7 Å². The molecule has 0 aromatic carbocycles. The van der Waals surface area contributed by atoms with Gasteiger partial charge in [-0.25, -0.2) is 0 Å². The Balaban J connectivity index is 1.54. The van der Waals surface area contributed by atoms with Gasteiger partial charge in [-0.15, -0.1) is 0 Å². The Morgan fingerprint density at radius 2 is 1.75 bits per heavy atom. The maximum absolute atomic E-state index is 5.99. The molecule has 0 aromatic heterocycles. The average molecular weight is 282 g/mol. The first-order valence-electron chi connectivity index (χ1n) is 8.83. The SMILES string of the molecule is CCC1(CC)CCN(CCCOC2CCNCC2)CC1. The van der Waals surface area contributed by atoms with Crippen molar-refractivity contribution >= 4 is 0 Å². The van der Waals surface area contributed by atoms with Crippen LogP contribution in [0.4, 0.5) is 0 Å². The third kappa shape index (κ3) is 4.71. The van der Waals surface area contributed by atoms with Gasteiger partial charge in [-0.05, 0) is 63.7 Å². The number of hydrogen-bond acceptors (Lipinski definition) is 3. The molecule has 0 spiro atoms. The Bertz CT molecular complexity index is 250. The maximum Gasteiger partial charge on any atom is 0.0599 e. The second kappa shape index (κ2) is 8.35. The molecule has 3 heteroatoms. The van der Waals surface area contributed by atoms with E-state index in [1.54, 1.807) is 0 Å². The number of rotatable bonds is 7. The van der Waals surface area contributed by atoms with Crippen LogP contribution in [0.25, 0.3) is 0 Å². The lowest BCUT2D eigenvalue weighted by Gasteiger charge is -2.41. The smallest absolute Gasteiger partial charge is 0.0599 e. The maximum atomic E-state index is 5.99. The van der Waals surface area contributed by atoms with Crippen molar-refractivity contribution in [1.29, 1.82) is 0 Å². The summed E-state index contributed by atoms with van der Waals surface area (Å²) in [5.41, 5.74) is 0.655. The van der Waals surface area contributed by atoms with Crippen LogP contribution in [0, 0.1) is 5.41 Å².